The summed E-state index contributed by atoms with van der Waals surface area (Å²) in [5.41, 5.74) is 2.81. The molecule has 6 nitrogen and oxygen atoms in total. The number of para-hydroxylation sites is 1. The van der Waals surface area contributed by atoms with Crippen molar-refractivity contribution in [3.8, 4) is 5.75 Å². The van der Waals surface area contributed by atoms with E-state index >= 15 is 0 Å². The second-order valence-corrected chi connectivity index (χ2v) is 10.2. The molecule has 6 heteroatoms. The molecule has 4 rings (SSSR count). The van der Waals surface area contributed by atoms with Crippen LogP contribution in [0, 0.1) is 5.41 Å². The van der Waals surface area contributed by atoms with Crippen molar-refractivity contribution in [1.82, 2.24) is 14.7 Å². The van der Waals surface area contributed by atoms with E-state index in [2.05, 4.69) is 52.3 Å². The topological polar surface area (TPSA) is 45.2 Å². The Kier molecular flexibility index (Phi) is 9.18. The molecule has 35 heavy (non-hydrogen) atoms. The van der Waals surface area contributed by atoms with Crippen molar-refractivity contribution in [2.45, 2.75) is 32.2 Å². The summed E-state index contributed by atoms with van der Waals surface area (Å²) in [6, 6.07) is 18.9. The number of rotatable bonds is 10. The van der Waals surface area contributed by atoms with Crippen LogP contribution in [0.15, 0.2) is 54.6 Å². The minimum Gasteiger partial charge on any atom is -0.496 e. The summed E-state index contributed by atoms with van der Waals surface area (Å²) < 4.78 is 11.1. The third-order valence-electron chi connectivity index (χ3n) is 7.82. The summed E-state index contributed by atoms with van der Waals surface area (Å²) in [5, 5.41) is 0. The zero-order valence-electron chi connectivity index (χ0n) is 21.5. The molecule has 0 saturated carbocycles. The van der Waals surface area contributed by atoms with Gasteiger partial charge in [-0.05, 0) is 55.8 Å². The largest absolute Gasteiger partial charge is 0.496 e. The van der Waals surface area contributed by atoms with Crippen molar-refractivity contribution in [2.24, 2.45) is 5.41 Å². The van der Waals surface area contributed by atoms with E-state index in [9.17, 15) is 4.79 Å². The van der Waals surface area contributed by atoms with Gasteiger partial charge in [-0.15, -0.1) is 0 Å². The van der Waals surface area contributed by atoms with Crippen molar-refractivity contribution >= 4 is 5.91 Å². The van der Waals surface area contributed by atoms with Crippen molar-refractivity contribution in [3.05, 3.63) is 65.7 Å². The molecule has 2 saturated heterocycles. The Hall–Kier alpha value is -2.41. The molecule has 0 bridgehead atoms. The average molecular weight is 480 g/mol. The first-order valence-electron chi connectivity index (χ1n) is 13.0. The summed E-state index contributed by atoms with van der Waals surface area (Å²) >= 11 is 0. The monoisotopic (exact) mass is 479 g/mol. The van der Waals surface area contributed by atoms with Crippen LogP contribution in [-0.4, -0.2) is 87.2 Å². The van der Waals surface area contributed by atoms with Gasteiger partial charge in [-0.25, -0.2) is 0 Å². The van der Waals surface area contributed by atoms with Gasteiger partial charge in [0.15, 0.2) is 0 Å². The summed E-state index contributed by atoms with van der Waals surface area (Å²) in [4.78, 5) is 19.9. The fraction of sp³-hybridized carbons (Fsp3) is 0.552. The van der Waals surface area contributed by atoms with Crippen molar-refractivity contribution in [2.75, 3.05) is 66.6 Å². The predicted molar refractivity (Wildman–Crippen MR) is 140 cm³/mol. The molecule has 2 aromatic rings. The number of hydrogen-bond donors (Lipinski definition) is 0. The quantitative estimate of drug-likeness (QED) is 0.520. The normalized spacial score (nSPS) is 19.0. The summed E-state index contributed by atoms with van der Waals surface area (Å²) in [6.07, 6.45) is 4.41. The smallest absolute Gasteiger partial charge is 0.236 e. The van der Waals surface area contributed by atoms with Crippen LogP contribution in [0.3, 0.4) is 0 Å². The molecule has 1 amide bonds. The van der Waals surface area contributed by atoms with Gasteiger partial charge in [0, 0.05) is 45.4 Å². The number of aryl methyl sites for hydroxylation is 1. The molecule has 0 radical (unpaired) electrons. The number of carbonyl (C=O) groups is 1. The number of piperidine rings is 1. The highest BCUT2D eigenvalue weighted by atomic mass is 16.5. The molecule has 0 spiro atoms. The van der Waals surface area contributed by atoms with Crippen LogP contribution in [0.4, 0.5) is 0 Å². The highest BCUT2D eigenvalue weighted by Crippen LogP contribution is 2.36. The number of carbonyl (C=O) groups excluding carboxylic acids is 1. The lowest BCUT2D eigenvalue weighted by Gasteiger charge is -2.42. The lowest BCUT2D eigenvalue weighted by atomic mass is 9.74. The molecule has 2 aliphatic heterocycles. The average Bonchev–Trinajstić information content (AvgIpc) is 2.90. The van der Waals surface area contributed by atoms with Crippen LogP contribution in [0.5, 0.6) is 5.75 Å². The van der Waals surface area contributed by atoms with E-state index in [0.717, 1.165) is 83.9 Å². The summed E-state index contributed by atoms with van der Waals surface area (Å²) in [6.45, 7) is 7.54. The third kappa shape index (κ3) is 7.06. The molecule has 0 aromatic heterocycles. The number of amides is 1. The summed E-state index contributed by atoms with van der Waals surface area (Å²) in [7, 11) is 3.53. The Morgan fingerprint density at radius 3 is 2.23 bits per heavy atom. The van der Waals surface area contributed by atoms with Gasteiger partial charge in [-0.2, -0.15) is 0 Å². The molecular weight excluding hydrogens is 438 g/mol. The van der Waals surface area contributed by atoms with E-state index in [0.29, 0.717) is 6.54 Å². The van der Waals surface area contributed by atoms with Gasteiger partial charge in [0.1, 0.15) is 5.75 Å². The van der Waals surface area contributed by atoms with E-state index in [1.54, 1.807) is 7.11 Å². The van der Waals surface area contributed by atoms with Crippen molar-refractivity contribution < 1.29 is 14.3 Å². The fourth-order valence-electron chi connectivity index (χ4n) is 5.53. The maximum absolute atomic E-state index is 13.1. The minimum absolute atomic E-state index is 0.217. The molecule has 0 aliphatic carbocycles. The lowest BCUT2D eigenvalue weighted by molar-refractivity contribution is -0.135. The number of nitrogens with zero attached hydrogens (tertiary/aromatic N) is 3. The Balaban J connectivity index is 1.21. The number of methoxy groups -OCH3 is 2. The zero-order valence-corrected chi connectivity index (χ0v) is 21.5. The maximum Gasteiger partial charge on any atom is 0.236 e. The molecule has 0 unspecified atom stereocenters. The van der Waals surface area contributed by atoms with Crippen LogP contribution >= 0.6 is 0 Å². The van der Waals surface area contributed by atoms with Gasteiger partial charge in [0.05, 0.1) is 20.3 Å². The molecule has 2 heterocycles. The standard InChI is InChI=1S/C29H41N3O3/c1-34-24-29(13-12-25-8-4-3-5-9-25)14-16-30(17-15-29)23-28(33)32-20-18-31(19-21-32)22-26-10-6-7-11-27(26)35-2/h3-11H,12-24H2,1-2H3. The first kappa shape index (κ1) is 25.7. The van der Waals surface area contributed by atoms with Gasteiger partial charge in [0.25, 0.3) is 0 Å². The molecule has 2 fully saturated rings. The predicted octanol–water partition coefficient (Wildman–Crippen LogP) is 3.70. The second kappa shape index (κ2) is 12.5. The molecule has 0 N–H and O–H groups in total. The number of hydrogen-bond acceptors (Lipinski definition) is 5. The van der Waals surface area contributed by atoms with Crippen LogP contribution in [0.2, 0.25) is 0 Å². The van der Waals surface area contributed by atoms with Crippen molar-refractivity contribution in [1.29, 1.82) is 0 Å². The van der Waals surface area contributed by atoms with Crippen LogP contribution in [0.1, 0.15) is 30.4 Å². The van der Waals surface area contributed by atoms with E-state index in [1.165, 1.54) is 11.1 Å². The minimum atomic E-state index is 0.217. The zero-order chi connectivity index (χ0) is 24.5. The Bertz CT molecular complexity index is 920. The van der Waals surface area contributed by atoms with Gasteiger partial charge in [-0.1, -0.05) is 48.5 Å². The maximum atomic E-state index is 13.1. The van der Waals surface area contributed by atoms with Gasteiger partial charge in [-0.3, -0.25) is 14.6 Å². The van der Waals surface area contributed by atoms with E-state index in [-0.39, 0.29) is 11.3 Å². The number of benzene rings is 2. The van der Waals surface area contributed by atoms with E-state index in [4.69, 9.17) is 9.47 Å². The highest BCUT2D eigenvalue weighted by molar-refractivity contribution is 5.78. The summed E-state index contributed by atoms with van der Waals surface area (Å²) in [5.74, 6) is 1.20. The highest BCUT2D eigenvalue weighted by Gasteiger charge is 2.35. The van der Waals surface area contributed by atoms with Crippen LogP contribution < -0.4 is 4.74 Å². The lowest BCUT2D eigenvalue weighted by Crippen LogP contribution is -2.52. The number of likely N-dealkylation sites (tertiary alicyclic amines) is 1. The fourth-order valence-corrected chi connectivity index (χ4v) is 5.53. The molecule has 2 aliphatic rings. The van der Waals surface area contributed by atoms with Crippen LogP contribution in [-0.2, 0) is 22.5 Å². The molecule has 190 valence electrons. The van der Waals surface area contributed by atoms with E-state index < -0.39 is 0 Å². The molecule has 0 atom stereocenters. The molecule has 2 aromatic carbocycles. The first-order chi connectivity index (χ1) is 17.1. The van der Waals surface area contributed by atoms with Crippen LogP contribution in [0.25, 0.3) is 0 Å². The first-order valence-corrected chi connectivity index (χ1v) is 13.0. The Morgan fingerprint density at radius 2 is 1.54 bits per heavy atom. The van der Waals surface area contributed by atoms with E-state index in [1.807, 2.05) is 24.1 Å². The SMILES string of the molecule is COCC1(CCc2ccccc2)CCN(CC(=O)N2CCN(Cc3ccccc3OC)CC2)CC1. The Labute approximate surface area is 210 Å². The third-order valence-corrected chi connectivity index (χ3v) is 7.82. The second-order valence-electron chi connectivity index (χ2n) is 10.2. The van der Waals surface area contributed by atoms with Crippen molar-refractivity contribution in [3.63, 3.8) is 0 Å². The molecular formula is C29H41N3O3. The van der Waals surface area contributed by atoms with Gasteiger partial charge in [0.2, 0.25) is 5.91 Å². The Morgan fingerprint density at radius 1 is 0.857 bits per heavy atom. The number of piperazine rings is 1. The van der Waals surface area contributed by atoms with Gasteiger partial charge >= 0.3 is 0 Å². The number of ether oxygens (including phenoxy) is 2. The van der Waals surface area contributed by atoms with Gasteiger partial charge < -0.3 is 14.4 Å².